The molecule has 2 heterocycles. The summed E-state index contributed by atoms with van der Waals surface area (Å²) in [5.74, 6) is 0.486. The molecule has 3 N–H and O–H groups in total. The quantitative estimate of drug-likeness (QED) is 0.241. The Labute approximate surface area is 218 Å². The van der Waals surface area contributed by atoms with Gasteiger partial charge in [-0.2, -0.15) is 0 Å². The number of aryl methyl sites for hydroxylation is 1. The molecule has 2 amide bonds. The van der Waals surface area contributed by atoms with E-state index in [2.05, 4.69) is 48.5 Å². The monoisotopic (exact) mass is 594 g/mol. The SMILES string of the molecule is CCc1cc(Nc2nccn3c(I)cnc23)ccc1C(=O)NCCOCCNC(=O)OC(C)(C)C. The van der Waals surface area contributed by atoms with Gasteiger partial charge in [0.1, 0.15) is 9.30 Å². The predicted octanol–water partition coefficient (Wildman–Crippen LogP) is 3.91. The molecule has 188 valence electrons. The maximum Gasteiger partial charge on any atom is 0.407 e. The molecule has 35 heavy (non-hydrogen) atoms. The summed E-state index contributed by atoms with van der Waals surface area (Å²) in [6.07, 6.45) is 5.59. The largest absolute Gasteiger partial charge is 0.444 e. The second-order valence-corrected chi connectivity index (χ2v) is 9.80. The number of hydrogen-bond acceptors (Lipinski definition) is 7. The van der Waals surface area contributed by atoms with Crippen LogP contribution in [0.2, 0.25) is 0 Å². The number of ether oxygens (including phenoxy) is 2. The zero-order valence-corrected chi connectivity index (χ0v) is 22.5. The molecule has 10 nitrogen and oxygen atoms in total. The molecule has 3 aromatic rings. The zero-order valence-electron chi connectivity index (χ0n) is 20.4. The van der Waals surface area contributed by atoms with E-state index in [4.69, 9.17) is 9.47 Å². The van der Waals surface area contributed by atoms with Crippen LogP contribution in [0.3, 0.4) is 0 Å². The maximum atomic E-state index is 12.7. The summed E-state index contributed by atoms with van der Waals surface area (Å²) >= 11 is 2.22. The lowest BCUT2D eigenvalue weighted by atomic mass is 10.0. The zero-order chi connectivity index (χ0) is 25.4. The maximum absolute atomic E-state index is 12.7. The minimum absolute atomic E-state index is 0.160. The van der Waals surface area contributed by atoms with Crippen molar-refractivity contribution >= 4 is 51.7 Å². The van der Waals surface area contributed by atoms with Crippen LogP contribution in [0.4, 0.5) is 16.3 Å². The van der Waals surface area contributed by atoms with Crippen molar-refractivity contribution in [3.63, 3.8) is 0 Å². The summed E-state index contributed by atoms with van der Waals surface area (Å²) in [7, 11) is 0. The van der Waals surface area contributed by atoms with Gasteiger partial charge in [0, 0.05) is 36.7 Å². The number of amides is 2. The molecule has 0 aliphatic heterocycles. The molecule has 11 heteroatoms. The molecular weight excluding hydrogens is 563 g/mol. The number of rotatable bonds is 10. The van der Waals surface area contributed by atoms with Crippen LogP contribution in [-0.4, -0.2) is 58.3 Å². The number of carbonyl (C=O) groups excluding carboxylic acids is 2. The van der Waals surface area contributed by atoms with E-state index in [1.807, 2.05) is 29.7 Å². The van der Waals surface area contributed by atoms with Crippen LogP contribution in [0.25, 0.3) is 5.65 Å². The number of aromatic nitrogens is 3. The molecule has 0 saturated heterocycles. The van der Waals surface area contributed by atoms with Gasteiger partial charge in [-0.3, -0.25) is 9.20 Å². The van der Waals surface area contributed by atoms with Gasteiger partial charge in [-0.1, -0.05) is 6.92 Å². The van der Waals surface area contributed by atoms with Gasteiger partial charge in [-0.25, -0.2) is 14.8 Å². The Bertz CT molecular complexity index is 1170. The molecule has 3 rings (SSSR count). The third kappa shape index (κ3) is 7.79. The predicted molar refractivity (Wildman–Crippen MR) is 142 cm³/mol. The molecule has 0 aliphatic carbocycles. The van der Waals surface area contributed by atoms with Crippen LogP contribution in [0, 0.1) is 3.70 Å². The molecular formula is C24H31IN6O4. The van der Waals surface area contributed by atoms with Crippen molar-refractivity contribution in [2.75, 3.05) is 31.6 Å². The molecule has 0 saturated carbocycles. The molecule has 0 unspecified atom stereocenters. The second-order valence-electron chi connectivity index (χ2n) is 8.70. The first-order valence-electron chi connectivity index (χ1n) is 11.4. The Kier molecular flexibility index (Phi) is 9.26. The molecule has 2 aromatic heterocycles. The summed E-state index contributed by atoms with van der Waals surface area (Å²) in [5, 5.41) is 8.81. The number of fused-ring (bicyclic) bond motifs is 1. The van der Waals surface area contributed by atoms with Gasteiger partial charge in [0.25, 0.3) is 5.91 Å². The first-order chi connectivity index (χ1) is 16.7. The number of nitrogens with one attached hydrogen (secondary N) is 3. The summed E-state index contributed by atoms with van der Waals surface area (Å²) in [6, 6.07) is 5.61. The first-order valence-corrected chi connectivity index (χ1v) is 12.5. The fourth-order valence-corrected chi connectivity index (χ4v) is 3.80. The third-order valence-corrected chi connectivity index (χ3v) is 5.62. The van der Waals surface area contributed by atoms with Crippen molar-refractivity contribution in [1.29, 1.82) is 0 Å². The third-order valence-electron chi connectivity index (χ3n) is 4.82. The molecule has 0 spiro atoms. The fourth-order valence-electron chi connectivity index (χ4n) is 3.27. The van der Waals surface area contributed by atoms with E-state index < -0.39 is 11.7 Å². The lowest BCUT2D eigenvalue weighted by Gasteiger charge is -2.19. The molecule has 0 bridgehead atoms. The van der Waals surface area contributed by atoms with E-state index in [0.29, 0.717) is 44.1 Å². The summed E-state index contributed by atoms with van der Waals surface area (Å²) in [5.41, 5.74) is 2.56. The van der Waals surface area contributed by atoms with Crippen molar-refractivity contribution in [3.8, 4) is 0 Å². The summed E-state index contributed by atoms with van der Waals surface area (Å²) in [6.45, 7) is 8.77. The van der Waals surface area contributed by atoms with E-state index in [1.54, 1.807) is 39.2 Å². The highest BCUT2D eigenvalue weighted by molar-refractivity contribution is 14.1. The van der Waals surface area contributed by atoms with Crippen LogP contribution in [0.1, 0.15) is 43.6 Å². The standard InChI is InChI=1S/C24H31IN6O4/c1-5-16-14-17(30-20-21-29-15-19(25)31(21)11-8-26-20)6-7-18(16)22(32)27-9-12-34-13-10-28-23(33)35-24(2,3)4/h6-8,11,14-15H,5,9-10,12-13H2,1-4H3,(H,26,30)(H,27,32)(H,28,33). The van der Waals surface area contributed by atoms with Crippen molar-refractivity contribution in [3.05, 3.63) is 51.6 Å². The number of carbonyl (C=O) groups is 2. The van der Waals surface area contributed by atoms with Crippen LogP contribution in [-0.2, 0) is 15.9 Å². The Morgan fingerprint density at radius 2 is 1.86 bits per heavy atom. The summed E-state index contributed by atoms with van der Waals surface area (Å²) in [4.78, 5) is 33.1. The normalized spacial score (nSPS) is 11.3. The van der Waals surface area contributed by atoms with Gasteiger partial charge >= 0.3 is 6.09 Å². The Morgan fingerprint density at radius 1 is 1.11 bits per heavy atom. The summed E-state index contributed by atoms with van der Waals surface area (Å²) < 4.78 is 13.6. The molecule has 0 fully saturated rings. The highest BCUT2D eigenvalue weighted by atomic mass is 127. The minimum atomic E-state index is -0.537. The molecule has 0 radical (unpaired) electrons. The number of halogens is 1. The number of nitrogens with zero attached hydrogens (tertiary/aromatic N) is 3. The van der Waals surface area contributed by atoms with Crippen molar-refractivity contribution in [2.24, 2.45) is 0 Å². The van der Waals surface area contributed by atoms with Crippen LogP contribution >= 0.6 is 22.6 Å². The van der Waals surface area contributed by atoms with Crippen molar-refractivity contribution in [1.82, 2.24) is 25.0 Å². The topological polar surface area (TPSA) is 119 Å². The highest BCUT2D eigenvalue weighted by Gasteiger charge is 2.15. The van der Waals surface area contributed by atoms with Gasteiger partial charge in [0.2, 0.25) is 0 Å². The average Bonchev–Trinajstić information content (AvgIpc) is 3.18. The van der Waals surface area contributed by atoms with Crippen LogP contribution in [0.15, 0.2) is 36.8 Å². The average molecular weight is 594 g/mol. The lowest BCUT2D eigenvalue weighted by molar-refractivity contribution is 0.0500. The number of benzene rings is 1. The van der Waals surface area contributed by atoms with Crippen molar-refractivity contribution in [2.45, 2.75) is 39.7 Å². The first kappa shape index (κ1) is 26.7. The molecule has 0 aliphatic rings. The smallest absolute Gasteiger partial charge is 0.407 e. The van der Waals surface area contributed by atoms with Crippen LogP contribution in [0.5, 0.6) is 0 Å². The fraction of sp³-hybridized carbons (Fsp3) is 0.417. The lowest BCUT2D eigenvalue weighted by Crippen LogP contribution is -2.34. The van der Waals surface area contributed by atoms with Gasteiger partial charge in [-0.05, 0) is 73.5 Å². The van der Waals surface area contributed by atoms with Gasteiger partial charge in [-0.15, -0.1) is 0 Å². The van der Waals surface area contributed by atoms with E-state index in [1.165, 1.54) is 0 Å². The second kappa shape index (κ2) is 12.2. The van der Waals surface area contributed by atoms with Gasteiger partial charge < -0.3 is 25.4 Å². The Morgan fingerprint density at radius 3 is 2.57 bits per heavy atom. The number of alkyl carbamates (subject to hydrolysis) is 1. The van der Waals surface area contributed by atoms with E-state index in [0.717, 1.165) is 20.6 Å². The molecule has 1 aromatic carbocycles. The number of hydrogen-bond donors (Lipinski definition) is 3. The number of anilines is 2. The Balaban J connectivity index is 1.47. The van der Waals surface area contributed by atoms with E-state index >= 15 is 0 Å². The van der Waals surface area contributed by atoms with Crippen molar-refractivity contribution < 1.29 is 19.1 Å². The Hall–Kier alpha value is -2.93. The number of imidazole rings is 1. The van der Waals surface area contributed by atoms with Gasteiger partial charge in [0.05, 0.1) is 19.4 Å². The highest BCUT2D eigenvalue weighted by Crippen LogP contribution is 2.23. The molecule has 0 atom stereocenters. The van der Waals surface area contributed by atoms with Crippen LogP contribution < -0.4 is 16.0 Å². The minimum Gasteiger partial charge on any atom is -0.444 e. The van der Waals surface area contributed by atoms with E-state index in [-0.39, 0.29) is 5.91 Å². The van der Waals surface area contributed by atoms with Gasteiger partial charge in [0.15, 0.2) is 11.5 Å². The van der Waals surface area contributed by atoms with E-state index in [9.17, 15) is 9.59 Å².